The van der Waals surface area contributed by atoms with Crippen LogP contribution in [-0.2, 0) is 16.4 Å². The molecular formula is C15H19N3O3S. The van der Waals surface area contributed by atoms with Crippen molar-refractivity contribution in [2.75, 3.05) is 18.1 Å². The quantitative estimate of drug-likeness (QED) is 0.884. The van der Waals surface area contributed by atoms with Crippen molar-refractivity contribution >= 4 is 15.7 Å². The Bertz CT molecular complexity index is 760. The van der Waals surface area contributed by atoms with Crippen LogP contribution >= 0.6 is 0 Å². The minimum atomic E-state index is -3.33. The fraction of sp³-hybridized carbons (Fsp3) is 0.333. The van der Waals surface area contributed by atoms with Crippen LogP contribution < -0.4 is 9.46 Å². The molecule has 0 unspecified atom stereocenters. The average molecular weight is 321 g/mol. The van der Waals surface area contributed by atoms with Crippen molar-refractivity contribution in [3.63, 3.8) is 0 Å². The Hall–Kier alpha value is -2.15. The van der Waals surface area contributed by atoms with Crippen molar-refractivity contribution in [1.29, 1.82) is 0 Å². The summed E-state index contributed by atoms with van der Waals surface area (Å²) < 4.78 is 30.5. The van der Waals surface area contributed by atoms with Gasteiger partial charge in [0.1, 0.15) is 12.1 Å². The normalized spacial score (nSPS) is 11.2. The van der Waals surface area contributed by atoms with Crippen LogP contribution in [0.5, 0.6) is 5.75 Å². The van der Waals surface area contributed by atoms with Gasteiger partial charge in [0.05, 0.1) is 24.7 Å². The molecule has 0 amide bonds. The van der Waals surface area contributed by atoms with Crippen LogP contribution in [-0.4, -0.2) is 31.8 Å². The van der Waals surface area contributed by atoms with Crippen molar-refractivity contribution in [3.05, 3.63) is 36.4 Å². The highest BCUT2D eigenvalue weighted by atomic mass is 32.2. The lowest BCUT2D eigenvalue weighted by Crippen LogP contribution is -2.09. The summed E-state index contributed by atoms with van der Waals surface area (Å²) in [6.07, 6.45) is 6.20. The second-order valence-corrected chi connectivity index (χ2v) is 6.67. The van der Waals surface area contributed by atoms with E-state index in [0.29, 0.717) is 11.4 Å². The summed E-state index contributed by atoms with van der Waals surface area (Å²) in [5.74, 6) is 0.570. The van der Waals surface area contributed by atoms with Gasteiger partial charge in [-0.15, -0.1) is 0 Å². The molecule has 0 bridgehead atoms. The molecule has 7 heteroatoms. The number of methoxy groups -OCH3 is 1. The summed E-state index contributed by atoms with van der Waals surface area (Å²) in [4.78, 5) is 8.41. The highest BCUT2D eigenvalue weighted by Crippen LogP contribution is 2.34. The predicted molar refractivity (Wildman–Crippen MR) is 86.5 cm³/mol. The lowest BCUT2D eigenvalue weighted by molar-refractivity contribution is 0.416. The highest BCUT2D eigenvalue weighted by molar-refractivity contribution is 7.92. The molecule has 1 aromatic heterocycles. The number of sulfonamides is 1. The summed E-state index contributed by atoms with van der Waals surface area (Å²) in [5.41, 5.74) is 3.13. The van der Waals surface area contributed by atoms with Crippen LogP contribution in [0.15, 0.2) is 30.7 Å². The van der Waals surface area contributed by atoms with Gasteiger partial charge < -0.3 is 4.74 Å². The van der Waals surface area contributed by atoms with Crippen LogP contribution in [0.4, 0.5) is 5.69 Å². The molecule has 0 fully saturated rings. The van der Waals surface area contributed by atoms with Crippen molar-refractivity contribution in [3.8, 4) is 16.9 Å². The maximum absolute atomic E-state index is 11.3. The van der Waals surface area contributed by atoms with E-state index in [-0.39, 0.29) is 0 Å². The Morgan fingerprint density at radius 1 is 1.27 bits per heavy atom. The van der Waals surface area contributed by atoms with Gasteiger partial charge in [0.25, 0.3) is 0 Å². The van der Waals surface area contributed by atoms with Gasteiger partial charge in [-0.1, -0.05) is 13.3 Å². The van der Waals surface area contributed by atoms with Crippen molar-refractivity contribution in [2.45, 2.75) is 19.8 Å². The fourth-order valence-corrected chi connectivity index (χ4v) is 2.76. The van der Waals surface area contributed by atoms with Gasteiger partial charge in [0.2, 0.25) is 10.0 Å². The van der Waals surface area contributed by atoms with Gasteiger partial charge in [0, 0.05) is 23.4 Å². The molecule has 118 valence electrons. The second-order valence-electron chi connectivity index (χ2n) is 4.92. The summed E-state index contributed by atoms with van der Waals surface area (Å²) in [7, 11) is -1.78. The molecule has 1 heterocycles. The minimum Gasteiger partial charge on any atom is -0.496 e. The molecule has 22 heavy (non-hydrogen) atoms. The number of benzene rings is 1. The topological polar surface area (TPSA) is 81.2 Å². The monoisotopic (exact) mass is 321 g/mol. The third kappa shape index (κ3) is 3.94. The molecule has 0 aliphatic heterocycles. The third-order valence-corrected chi connectivity index (χ3v) is 3.68. The van der Waals surface area contributed by atoms with Gasteiger partial charge in [-0.05, 0) is 18.6 Å². The van der Waals surface area contributed by atoms with Crippen molar-refractivity contribution in [1.82, 2.24) is 9.97 Å². The zero-order valence-electron chi connectivity index (χ0n) is 12.8. The number of nitrogens with one attached hydrogen (secondary N) is 1. The lowest BCUT2D eigenvalue weighted by Gasteiger charge is -2.13. The molecule has 0 atom stereocenters. The molecule has 0 spiro atoms. The van der Waals surface area contributed by atoms with Gasteiger partial charge in [-0.2, -0.15) is 0 Å². The molecule has 0 saturated carbocycles. The minimum absolute atomic E-state index is 0.456. The Morgan fingerprint density at radius 3 is 2.68 bits per heavy atom. The van der Waals surface area contributed by atoms with E-state index in [0.717, 1.165) is 35.9 Å². The van der Waals surface area contributed by atoms with Gasteiger partial charge in [0.15, 0.2) is 0 Å². The molecule has 2 rings (SSSR count). The first-order valence-corrected chi connectivity index (χ1v) is 8.79. The molecule has 0 saturated heterocycles. The van der Waals surface area contributed by atoms with Gasteiger partial charge in [-0.3, -0.25) is 4.72 Å². The first-order valence-electron chi connectivity index (χ1n) is 6.89. The highest BCUT2D eigenvalue weighted by Gasteiger charge is 2.13. The molecule has 1 aromatic carbocycles. The zero-order chi connectivity index (χ0) is 16.2. The number of anilines is 1. The number of hydrogen-bond donors (Lipinski definition) is 1. The number of aromatic nitrogens is 2. The Balaban J connectivity index is 2.48. The Kier molecular flexibility index (Phi) is 4.97. The number of ether oxygens (including phenoxy) is 1. The number of nitrogens with zero attached hydrogens (tertiary/aromatic N) is 2. The van der Waals surface area contributed by atoms with E-state index >= 15 is 0 Å². The van der Waals surface area contributed by atoms with Gasteiger partial charge in [-0.25, -0.2) is 18.4 Å². The summed E-state index contributed by atoms with van der Waals surface area (Å²) in [5, 5.41) is 0. The molecule has 0 radical (unpaired) electrons. The number of rotatable bonds is 6. The molecule has 2 aromatic rings. The van der Waals surface area contributed by atoms with E-state index in [1.165, 1.54) is 6.33 Å². The summed E-state index contributed by atoms with van der Waals surface area (Å²) >= 11 is 0. The third-order valence-electron chi connectivity index (χ3n) is 3.08. The van der Waals surface area contributed by atoms with Crippen LogP contribution in [0.3, 0.4) is 0 Å². The Labute approximate surface area is 130 Å². The first kappa shape index (κ1) is 16.2. The number of aryl methyl sites for hydroxylation is 1. The van der Waals surface area contributed by atoms with Crippen LogP contribution in [0, 0.1) is 0 Å². The van der Waals surface area contributed by atoms with E-state index in [1.807, 2.05) is 6.07 Å². The van der Waals surface area contributed by atoms with Crippen LogP contribution in [0.1, 0.15) is 19.0 Å². The molecule has 1 N–H and O–H groups in total. The van der Waals surface area contributed by atoms with E-state index < -0.39 is 10.0 Å². The summed E-state index contributed by atoms with van der Waals surface area (Å²) in [6.45, 7) is 2.09. The van der Waals surface area contributed by atoms with Crippen LogP contribution in [0.2, 0.25) is 0 Å². The zero-order valence-corrected chi connectivity index (χ0v) is 13.6. The maximum atomic E-state index is 11.3. The molecule has 0 aliphatic rings. The smallest absolute Gasteiger partial charge is 0.229 e. The molecule has 0 aliphatic carbocycles. The van der Waals surface area contributed by atoms with E-state index in [9.17, 15) is 8.42 Å². The van der Waals surface area contributed by atoms with Gasteiger partial charge >= 0.3 is 0 Å². The first-order chi connectivity index (χ1) is 10.4. The average Bonchev–Trinajstić information content (AvgIpc) is 2.46. The Morgan fingerprint density at radius 2 is 2.05 bits per heavy atom. The molecular weight excluding hydrogens is 302 g/mol. The second kappa shape index (κ2) is 6.74. The van der Waals surface area contributed by atoms with E-state index in [1.54, 1.807) is 25.4 Å². The van der Waals surface area contributed by atoms with Crippen LogP contribution in [0.25, 0.3) is 11.1 Å². The number of hydrogen-bond acceptors (Lipinski definition) is 5. The maximum Gasteiger partial charge on any atom is 0.229 e. The van der Waals surface area contributed by atoms with Crippen molar-refractivity contribution < 1.29 is 13.2 Å². The van der Waals surface area contributed by atoms with Crippen molar-refractivity contribution in [2.24, 2.45) is 0 Å². The fourth-order valence-electron chi connectivity index (χ4n) is 2.21. The summed E-state index contributed by atoms with van der Waals surface area (Å²) in [6, 6.07) is 5.16. The molecule has 6 nitrogen and oxygen atoms in total. The standard InChI is InChI=1S/C15H19N3O3S/c1-4-5-14-13(9-16-10-17-14)12-7-6-11(8-15(12)21-2)18-22(3,19)20/h6-10,18H,4-5H2,1-3H3. The predicted octanol–water partition coefficient (Wildman–Crippen LogP) is 2.48. The van der Waals surface area contributed by atoms with E-state index in [2.05, 4.69) is 21.6 Å². The lowest BCUT2D eigenvalue weighted by atomic mass is 10.0. The van der Waals surface area contributed by atoms with E-state index in [4.69, 9.17) is 4.74 Å². The largest absolute Gasteiger partial charge is 0.496 e. The SMILES string of the molecule is CCCc1ncncc1-c1ccc(NS(C)(=O)=O)cc1OC.